The molecule has 1 aromatic carbocycles. The zero-order chi connectivity index (χ0) is 14.4. The van der Waals surface area contributed by atoms with Gasteiger partial charge in [-0.1, -0.05) is 6.92 Å². The van der Waals surface area contributed by atoms with E-state index in [-0.39, 0.29) is 5.82 Å². The lowest BCUT2D eigenvalue weighted by Crippen LogP contribution is -2.16. The van der Waals surface area contributed by atoms with Gasteiger partial charge < -0.3 is 5.32 Å². The lowest BCUT2D eigenvalue weighted by atomic mass is 10.2. The summed E-state index contributed by atoms with van der Waals surface area (Å²) >= 11 is 0. The van der Waals surface area contributed by atoms with Crippen LogP contribution in [-0.2, 0) is 6.42 Å². The van der Waals surface area contributed by atoms with Crippen molar-refractivity contribution in [2.45, 2.75) is 33.1 Å². The van der Waals surface area contributed by atoms with E-state index in [2.05, 4.69) is 17.3 Å². The van der Waals surface area contributed by atoms with E-state index in [9.17, 15) is 4.39 Å². The van der Waals surface area contributed by atoms with Gasteiger partial charge in [-0.15, -0.1) is 0 Å². The molecule has 3 nitrogen and oxygen atoms in total. The van der Waals surface area contributed by atoms with Gasteiger partial charge >= 0.3 is 0 Å². The van der Waals surface area contributed by atoms with Crippen LogP contribution >= 0.6 is 0 Å². The van der Waals surface area contributed by atoms with E-state index in [1.165, 1.54) is 24.1 Å². The molecule has 0 atom stereocenters. The van der Waals surface area contributed by atoms with Crippen LogP contribution in [0.3, 0.4) is 0 Å². The summed E-state index contributed by atoms with van der Waals surface area (Å²) < 4.78 is 14.9. The van der Waals surface area contributed by atoms with Gasteiger partial charge in [-0.05, 0) is 68.6 Å². The van der Waals surface area contributed by atoms with Crippen LogP contribution in [0.25, 0.3) is 5.69 Å². The Kier molecular flexibility index (Phi) is 5.30. The van der Waals surface area contributed by atoms with E-state index in [1.807, 2.05) is 24.0 Å². The molecule has 2 aromatic rings. The van der Waals surface area contributed by atoms with Crippen molar-refractivity contribution in [2.24, 2.45) is 0 Å². The summed E-state index contributed by atoms with van der Waals surface area (Å²) in [4.78, 5) is 0. The predicted octanol–water partition coefficient (Wildman–Crippen LogP) is 3.25. The maximum Gasteiger partial charge on any atom is 0.123 e. The lowest BCUT2D eigenvalue weighted by Gasteiger charge is -2.05. The number of aryl methyl sites for hydroxylation is 2. The number of benzene rings is 1. The molecule has 2 rings (SSSR count). The molecule has 0 saturated carbocycles. The van der Waals surface area contributed by atoms with Crippen LogP contribution in [0.1, 0.15) is 30.9 Å². The van der Waals surface area contributed by atoms with Crippen molar-refractivity contribution in [3.8, 4) is 5.69 Å². The van der Waals surface area contributed by atoms with Gasteiger partial charge in [0, 0.05) is 6.20 Å². The fourth-order valence-electron chi connectivity index (χ4n) is 2.22. The van der Waals surface area contributed by atoms with Gasteiger partial charge in [0.2, 0.25) is 0 Å². The molecule has 0 amide bonds. The Morgan fingerprint density at radius 2 is 2.15 bits per heavy atom. The van der Waals surface area contributed by atoms with Gasteiger partial charge in [-0.3, -0.25) is 0 Å². The quantitative estimate of drug-likeness (QED) is 0.786. The van der Waals surface area contributed by atoms with Gasteiger partial charge in [-0.25, -0.2) is 9.07 Å². The summed E-state index contributed by atoms with van der Waals surface area (Å²) in [5.41, 5.74) is 3.04. The Morgan fingerprint density at radius 3 is 2.90 bits per heavy atom. The first kappa shape index (κ1) is 14.7. The average Bonchev–Trinajstić information content (AvgIpc) is 2.87. The SMILES string of the molecule is CCCNCCCc1cnn(-c2ccc(F)cc2C)c1. The molecule has 4 heteroatoms. The molecule has 20 heavy (non-hydrogen) atoms. The Morgan fingerprint density at radius 1 is 1.30 bits per heavy atom. The van der Waals surface area contributed by atoms with Crippen LogP contribution < -0.4 is 5.32 Å². The highest BCUT2D eigenvalue weighted by Crippen LogP contribution is 2.15. The van der Waals surface area contributed by atoms with Crippen LogP contribution in [0.4, 0.5) is 4.39 Å². The van der Waals surface area contributed by atoms with E-state index in [0.717, 1.165) is 37.2 Å². The maximum atomic E-state index is 13.1. The number of hydrogen-bond donors (Lipinski definition) is 1. The largest absolute Gasteiger partial charge is 0.317 e. The van der Waals surface area contributed by atoms with Crippen LogP contribution in [0.5, 0.6) is 0 Å². The van der Waals surface area contributed by atoms with Crippen molar-refractivity contribution in [2.75, 3.05) is 13.1 Å². The number of rotatable bonds is 7. The van der Waals surface area contributed by atoms with Crippen molar-refractivity contribution < 1.29 is 4.39 Å². The highest BCUT2D eigenvalue weighted by atomic mass is 19.1. The topological polar surface area (TPSA) is 29.9 Å². The summed E-state index contributed by atoms with van der Waals surface area (Å²) in [5.74, 6) is -0.208. The van der Waals surface area contributed by atoms with Crippen molar-refractivity contribution in [1.29, 1.82) is 0 Å². The number of halogens is 1. The molecule has 1 N–H and O–H groups in total. The second kappa shape index (κ2) is 7.20. The zero-order valence-corrected chi connectivity index (χ0v) is 12.2. The highest BCUT2D eigenvalue weighted by molar-refractivity contribution is 5.40. The van der Waals surface area contributed by atoms with Crippen LogP contribution in [0.15, 0.2) is 30.6 Å². The number of nitrogens with zero attached hydrogens (tertiary/aromatic N) is 2. The molecular weight excluding hydrogens is 253 g/mol. The molecule has 0 saturated heterocycles. The third kappa shape index (κ3) is 3.90. The summed E-state index contributed by atoms with van der Waals surface area (Å²) in [7, 11) is 0. The Bertz CT molecular complexity index is 548. The molecule has 0 spiro atoms. The third-order valence-corrected chi connectivity index (χ3v) is 3.29. The molecular formula is C16H22FN3. The number of hydrogen-bond acceptors (Lipinski definition) is 2. The van der Waals surface area contributed by atoms with Crippen molar-refractivity contribution in [3.05, 3.63) is 47.5 Å². The van der Waals surface area contributed by atoms with Gasteiger partial charge in [0.15, 0.2) is 0 Å². The molecule has 108 valence electrons. The minimum atomic E-state index is -0.208. The highest BCUT2D eigenvalue weighted by Gasteiger charge is 2.05. The predicted molar refractivity (Wildman–Crippen MR) is 79.7 cm³/mol. The molecule has 0 aliphatic carbocycles. The fourth-order valence-corrected chi connectivity index (χ4v) is 2.22. The van der Waals surface area contributed by atoms with Crippen molar-refractivity contribution >= 4 is 0 Å². The van der Waals surface area contributed by atoms with Crippen LogP contribution in [0, 0.1) is 12.7 Å². The van der Waals surface area contributed by atoms with Crippen LogP contribution in [-0.4, -0.2) is 22.9 Å². The molecule has 0 radical (unpaired) electrons. The van der Waals surface area contributed by atoms with Crippen molar-refractivity contribution in [3.63, 3.8) is 0 Å². The monoisotopic (exact) mass is 275 g/mol. The van der Waals surface area contributed by atoms with Crippen LogP contribution in [0.2, 0.25) is 0 Å². The maximum absolute atomic E-state index is 13.1. The zero-order valence-electron chi connectivity index (χ0n) is 12.2. The summed E-state index contributed by atoms with van der Waals surface area (Å²) in [5, 5.41) is 7.76. The van der Waals surface area contributed by atoms with E-state index >= 15 is 0 Å². The minimum Gasteiger partial charge on any atom is -0.317 e. The summed E-state index contributed by atoms with van der Waals surface area (Å²) in [6.07, 6.45) is 7.20. The molecule has 0 unspecified atom stereocenters. The van der Waals surface area contributed by atoms with Gasteiger partial charge in [-0.2, -0.15) is 5.10 Å². The van der Waals surface area contributed by atoms with E-state index in [0.29, 0.717) is 0 Å². The second-order valence-corrected chi connectivity index (χ2v) is 5.08. The average molecular weight is 275 g/mol. The molecule has 0 aliphatic heterocycles. The van der Waals surface area contributed by atoms with E-state index in [4.69, 9.17) is 0 Å². The van der Waals surface area contributed by atoms with E-state index in [1.54, 1.807) is 6.07 Å². The van der Waals surface area contributed by atoms with Crippen molar-refractivity contribution in [1.82, 2.24) is 15.1 Å². The fraction of sp³-hybridized carbons (Fsp3) is 0.438. The van der Waals surface area contributed by atoms with Gasteiger partial charge in [0.25, 0.3) is 0 Å². The third-order valence-electron chi connectivity index (χ3n) is 3.29. The molecule has 0 bridgehead atoms. The second-order valence-electron chi connectivity index (χ2n) is 5.08. The normalized spacial score (nSPS) is 10.9. The molecule has 0 fully saturated rings. The Hall–Kier alpha value is -1.68. The van der Waals surface area contributed by atoms with E-state index < -0.39 is 0 Å². The smallest absolute Gasteiger partial charge is 0.123 e. The number of aromatic nitrogens is 2. The lowest BCUT2D eigenvalue weighted by molar-refractivity contribution is 0.625. The Balaban J connectivity index is 1.95. The summed E-state index contributed by atoms with van der Waals surface area (Å²) in [6, 6.07) is 4.77. The molecule has 0 aliphatic rings. The number of nitrogens with one attached hydrogen (secondary N) is 1. The van der Waals surface area contributed by atoms with Gasteiger partial charge in [0.05, 0.1) is 11.9 Å². The first-order chi connectivity index (χ1) is 9.70. The first-order valence-electron chi connectivity index (χ1n) is 7.21. The van der Waals surface area contributed by atoms with Gasteiger partial charge in [0.1, 0.15) is 5.82 Å². The first-order valence-corrected chi connectivity index (χ1v) is 7.21. The molecule has 1 aromatic heterocycles. The molecule has 1 heterocycles. The summed E-state index contributed by atoms with van der Waals surface area (Å²) in [6.45, 7) is 6.18. The standard InChI is InChI=1S/C16H22FN3/c1-3-8-18-9-4-5-14-11-19-20(12-14)16-7-6-15(17)10-13(16)2/h6-7,10-12,18H,3-5,8-9H2,1-2H3. The Labute approximate surface area is 119 Å². The minimum absolute atomic E-state index is 0.208.